The highest BCUT2D eigenvalue weighted by Gasteiger charge is 2.51. The van der Waals surface area contributed by atoms with Crippen LogP contribution in [0.2, 0.25) is 0 Å². The number of rotatable bonds is 32. The van der Waals surface area contributed by atoms with E-state index >= 15 is 0 Å². The molecule has 8 fully saturated rings. The third-order valence-corrected chi connectivity index (χ3v) is 26.5. The number of benzene rings is 6. The summed E-state index contributed by atoms with van der Waals surface area (Å²) >= 11 is 0. The SMILES string of the molecule is COc1cc2c(Oc3ccc4[nH]c(C)cc4c3)ccnc2cc1OCCCN1CC2(COC2)C1.COc1cc2c(Oc3ccc4[nH]c(C)cc4c3)ncnc2cc1OCCCN1CC2(COC2)C1.COc1cc2c(Oc3cnc4[nH]c(C)cc4c3)ccnc2cc1OCCCN1CC2(COC2)C1.COc1cc2c(Oc3cnc4[nH]c(C)cc4c3)ncnc2cc1OCCCN1CC2(COC2)C1. The Bertz CT molecular complexity index is 6190. The lowest BCUT2D eigenvalue weighted by molar-refractivity contribution is -0.189. The van der Waals surface area contributed by atoms with Crippen LogP contribution < -0.4 is 56.8 Å². The highest BCUT2D eigenvalue weighted by molar-refractivity contribution is 5.92. The second kappa shape index (κ2) is 38.4. The summed E-state index contributed by atoms with van der Waals surface area (Å²) in [6.45, 7) is 31.2. The van der Waals surface area contributed by atoms with Crippen molar-refractivity contribution in [3.63, 3.8) is 0 Å². The molecule has 136 heavy (non-hydrogen) atoms. The molecule has 10 aromatic heterocycles. The first-order valence-corrected chi connectivity index (χ1v) is 46.5. The number of likely N-dealkylation sites (tertiary alicyclic amines) is 4. The lowest BCUT2D eigenvalue weighted by Gasteiger charge is -2.55. The van der Waals surface area contributed by atoms with Gasteiger partial charge in [0.15, 0.2) is 46.0 Å². The van der Waals surface area contributed by atoms with Gasteiger partial charge in [-0.1, -0.05) is 0 Å². The fraction of sp³-hybridized carbons (Fsp3) is 0.385. The molecular weight excluding hydrogens is 1730 g/mol. The highest BCUT2D eigenvalue weighted by Crippen LogP contribution is 2.46. The number of fused-ring (bicyclic) bond motifs is 8. The Labute approximate surface area is 785 Å². The van der Waals surface area contributed by atoms with Gasteiger partial charge >= 0.3 is 0 Å². The van der Waals surface area contributed by atoms with E-state index in [-0.39, 0.29) is 0 Å². The lowest BCUT2D eigenvalue weighted by atomic mass is 9.78. The van der Waals surface area contributed by atoms with Crippen LogP contribution >= 0.6 is 0 Å². The normalized spacial score (nSPS) is 17.0. The predicted molar refractivity (Wildman–Crippen MR) is 516 cm³/mol. The molecule has 0 unspecified atom stereocenters. The minimum atomic E-state index is 0.440. The number of H-pyrrole nitrogens is 4. The average Bonchev–Trinajstić information content (AvgIpc) is 1.13. The van der Waals surface area contributed by atoms with Gasteiger partial charge < -0.3 is 115 Å². The minimum absolute atomic E-state index is 0.440. The van der Waals surface area contributed by atoms with Crippen LogP contribution in [0.15, 0.2) is 171 Å². The number of aryl methyl sites for hydroxylation is 4. The smallest absolute Gasteiger partial charge is 0.230 e. The molecule has 16 aromatic rings. The maximum atomic E-state index is 6.26. The number of hydrogen-bond acceptors (Lipinski definition) is 28. The quantitative estimate of drug-likeness (QED) is 0.0285. The fourth-order valence-corrected chi connectivity index (χ4v) is 19.7. The molecule has 4 spiro atoms. The Morgan fingerprint density at radius 3 is 0.956 bits per heavy atom. The molecule has 0 saturated carbocycles. The maximum Gasteiger partial charge on any atom is 0.230 e. The van der Waals surface area contributed by atoms with E-state index in [1.165, 1.54) is 12.7 Å². The molecule has 8 aliphatic rings. The van der Waals surface area contributed by atoms with Gasteiger partial charge in [0.2, 0.25) is 11.8 Å². The molecule has 18 heterocycles. The van der Waals surface area contributed by atoms with E-state index in [0.717, 1.165) is 279 Å². The van der Waals surface area contributed by atoms with Gasteiger partial charge in [-0.25, -0.2) is 29.9 Å². The summed E-state index contributed by atoms with van der Waals surface area (Å²) in [5.41, 5.74) is 13.1. The van der Waals surface area contributed by atoms with E-state index in [4.69, 9.17) is 75.8 Å². The van der Waals surface area contributed by atoms with E-state index in [1.54, 1.807) is 53.2 Å². The summed E-state index contributed by atoms with van der Waals surface area (Å²) in [7, 11) is 6.58. The standard InChI is InChI=1S/C27H29N3O4.2C26H28N4O4.C25H27N5O4/c1-18-10-19-11-20(4-5-22(19)29-18)34-24-6-7-28-23-13-26(25(31-2)12-21(23)24)33-9-3-8-30-14-27(15-30)16-32-17-27;1-17-8-18-9-19(12-28-25(18)29-17)34-22-4-5-27-21-11-24(23(31-2)10-20(21)22)33-7-3-6-30-13-26(14-30)15-32-16-26;1-17-8-18-9-19(4-5-21(18)29-17)34-25-20-10-23(31-2)24(11-22(20)27-16-28-25)33-7-3-6-30-12-26(13-30)14-32-15-26;1-16-6-17-7-18(10-26-23(17)29-16)34-24-19-8-21(31-2)22(9-20(19)27-15-28-24)33-5-3-4-30-11-25(12-30)13-32-14-25/h4-7,10-13,29H,3,8-9,14-17H2,1-2H3;4-5,8-12H,3,6-7,13-16H2,1-2H3,(H,28,29);4-5,8-11,16,29H,3,6-7,12-15H2,1-2H3;6-10,15H,3-5,11-14H2,1-2H3,(H,26,29). The van der Waals surface area contributed by atoms with E-state index in [0.29, 0.717) is 129 Å². The first-order chi connectivity index (χ1) is 66.4. The van der Waals surface area contributed by atoms with Gasteiger partial charge in [0.25, 0.3) is 0 Å². The van der Waals surface area contributed by atoms with E-state index < -0.39 is 0 Å². The molecule has 8 aliphatic heterocycles. The van der Waals surface area contributed by atoms with Gasteiger partial charge in [-0.05, 0) is 163 Å². The van der Waals surface area contributed by atoms with E-state index in [9.17, 15) is 0 Å². The first-order valence-electron chi connectivity index (χ1n) is 46.5. The third-order valence-electron chi connectivity index (χ3n) is 26.5. The van der Waals surface area contributed by atoms with Crippen LogP contribution in [0.25, 0.3) is 87.5 Å². The molecule has 0 atom stereocenters. The molecule has 8 saturated heterocycles. The molecule has 0 radical (unpaired) electrons. The van der Waals surface area contributed by atoms with Crippen molar-refractivity contribution in [2.45, 2.75) is 53.4 Å². The Kier molecular flexibility index (Phi) is 25.1. The topological polar surface area (TPSA) is 327 Å². The largest absolute Gasteiger partial charge is 0.493 e. The summed E-state index contributed by atoms with van der Waals surface area (Å²) in [6, 6.07) is 43.2. The Balaban J connectivity index is 0.000000108. The zero-order valence-corrected chi connectivity index (χ0v) is 77.9. The van der Waals surface area contributed by atoms with Crippen LogP contribution in [0.3, 0.4) is 0 Å². The van der Waals surface area contributed by atoms with Crippen LogP contribution in [0, 0.1) is 49.4 Å². The van der Waals surface area contributed by atoms with Crippen molar-refractivity contribution >= 4 is 87.5 Å². The van der Waals surface area contributed by atoms with Crippen molar-refractivity contribution in [2.24, 2.45) is 21.7 Å². The fourth-order valence-electron chi connectivity index (χ4n) is 19.7. The van der Waals surface area contributed by atoms with Crippen LogP contribution in [-0.4, -0.2) is 266 Å². The molecule has 24 rings (SSSR count). The van der Waals surface area contributed by atoms with Gasteiger partial charge in [0.1, 0.15) is 58.4 Å². The second-order valence-electron chi connectivity index (χ2n) is 37.6. The van der Waals surface area contributed by atoms with Crippen molar-refractivity contribution < 1.29 is 75.8 Å². The van der Waals surface area contributed by atoms with Gasteiger partial charge in [0, 0.05) is 203 Å². The van der Waals surface area contributed by atoms with Crippen LogP contribution in [0.4, 0.5) is 0 Å². The lowest BCUT2D eigenvalue weighted by Crippen LogP contribution is -2.65. The summed E-state index contributed by atoms with van der Waals surface area (Å²) in [6.07, 6.45) is 13.7. The molecule has 704 valence electrons. The molecule has 0 bridgehead atoms. The Hall–Kier alpha value is -13.4. The summed E-state index contributed by atoms with van der Waals surface area (Å²) in [4.78, 5) is 58.5. The number of aromatic nitrogens is 12. The van der Waals surface area contributed by atoms with Crippen LogP contribution in [-0.2, 0) is 18.9 Å². The van der Waals surface area contributed by atoms with Crippen LogP contribution in [0.5, 0.6) is 92.3 Å². The van der Waals surface area contributed by atoms with Gasteiger partial charge in [-0.2, -0.15) is 0 Å². The predicted octanol–water partition coefficient (Wildman–Crippen LogP) is 17.3. The number of ether oxygens (including phenoxy) is 16. The number of methoxy groups -OCH3 is 4. The number of hydrogen-bond donors (Lipinski definition) is 4. The number of pyridine rings is 4. The van der Waals surface area contributed by atoms with Gasteiger partial charge in [-0.15, -0.1) is 0 Å². The third kappa shape index (κ3) is 19.3. The van der Waals surface area contributed by atoms with Crippen LogP contribution in [0.1, 0.15) is 48.5 Å². The number of aromatic amines is 4. The minimum Gasteiger partial charge on any atom is -0.493 e. The summed E-state index contributed by atoms with van der Waals surface area (Å²) < 4.78 is 92.9. The number of nitrogens with zero attached hydrogens (tertiary/aromatic N) is 12. The molecule has 4 N–H and O–H groups in total. The molecule has 32 heteroatoms. The van der Waals surface area contributed by atoms with E-state index in [2.05, 4.69) is 91.5 Å². The van der Waals surface area contributed by atoms with Crippen molar-refractivity contribution in [3.8, 4) is 92.3 Å². The Morgan fingerprint density at radius 1 is 0.294 bits per heavy atom. The number of nitrogens with one attached hydrogen (secondary N) is 4. The molecule has 6 aromatic carbocycles. The first kappa shape index (κ1) is 89.1. The average molecular weight is 1840 g/mol. The summed E-state index contributed by atoms with van der Waals surface area (Å²) in [5.74, 6) is 10.4. The highest BCUT2D eigenvalue weighted by atomic mass is 16.5. The molecule has 32 nitrogen and oxygen atoms in total. The monoisotopic (exact) mass is 1840 g/mol. The second-order valence-corrected chi connectivity index (χ2v) is 37.6. The molecular formula is C104H112N16O16. The van der Waals surface area contributed by atoms with Crippen molar-refractivity contribution in [1.82, 2.24) is 79.4 Å². The summed E-state index contributed by atoms with van der Waals surface area (Å²) in [5, 5.41) is 7.45. The van der Waals surface area contributed by atoms with Crippen molar-refractivity contribution in [3.05, 3.63) is 194 Å². The zero-order chi connectivity index (χ0) is 92.5. The molecule has 0 aliphatic carbocycles. The van der Waals surface area contributed by atoms with E-state index in [1.807, 2.05) is 149 Å². The van der Waals surface area contributed by atoms with Gasteiger partial charge in [0.05, 0.1) is 153 Å². The van der Waals surface area contributed by atoms with Crippen molar-refractivity contribution in [1.29, 1.82) is 0 Å². The zero-order valence-electron chi connectivity index (χ0n) is 77.9. The Morgan fingerprint density at radius 2 is 0.603 bits per heavy atom. The molecule has 0 amide bonds. The van der Waals surface area contributed by atoms with Gasteiger partial charge in [-0.3, -0.25) is 9.97 Å². The van der Waals surface area contributed by atoms with Crippen molar-refractivity contribution in [2.75, 3.05) is 186 Å². The maximum absolute atomic E-state index is 6.26.